The number of rotatable bonds is 7. The Kier molecular flexibility index (Phi) is 6.69. The van der Waals surface area contributed by atoms with Crippen LogP contribution in [0.5, 0.6) is 0 Å². The Labute approximate surface area is 152 Å². The van der Waals surface area contributed by atoms with Crippen molar-refractivity contribution >= 4 is 29.1 Å². The summed E-state index contributed by atoms with van der Waals surface area (Å²) in [4.78, 5) is 12.7. The molecular weight excluding hydrogens is 347 g/mol. The van der Waals surface area contributed by atoms with Crippen molar-refractivity contribution in [1.29, 1.82) is 0 Å². The minimum absolute atomic E-state index is 0.0768. The first kappa shape index (κ1) is 18.8. The topological polar surface area (TPSA) is 55.1 Å². The third-order valence-electron chi connectivity index (χ3n) is 3.91. The maximum atomic E-state index is 12.7. The summed E-state index contributed by atoms with van der Waals surface area (Å²) >= 11 is 12.5. The molecule has 1 N–H and O–H groups in total. The number of unbranched alkanes of at least 4 members (excludes halogenated alkanes) is 2. The molecule has 0 aliphatic rings. The lowest BCUT2D eigenvalue weighted by Gasteiger charge is -2.14. The van der Waals surface area contributed by atoms with Gasteiger partial charge in [0.05, 0.1) is 10.0 Å². The number of hydrogen-bond acceptors (Lipinski definition) is 3. The number of aryl methyl sites for hydroxylation is 1. The van der Waals surface area contributed by atoms with Gasteiger partial charge in [0, 0.05) is 11.6 Å². The van der Waals surface area contributed by atoms with E-state index in [4.69, 9.17) is 27.7 Å². The standard InChI is InChI=1S/C18H22Cl2N2O2/c1-4-5-6-8-11(2)21-18(23)15-12(3)24-22-17(15)16-13(19)9-7-10-14(16)20/h7,9-11H,4-6,8H2,1-3H3,(H,21,23). The van der Waals surface area contributed by atoms with E-state index in [1.54, 1.807) is 25.1 Å². The average Bonchev–Trinajstić information content (AvgIpc) is 2.89. The molecule has 0 aliphatic carbocycles. The van der Waals surface area contributed by atoms with Crippen LogP contribution >= 0.6 is 23.2 Å². The second-order valence-electron chi connectivity index (χ2n) is 5.93. The summed E-state index contributed by atoms with van der Waals surface area (Å²) in [5, 5.41) is 7.88. The van der Waals surface area contributed by atoms with E-state index in [2.05, 4.69) is 17.4 Å². The third-order valence-corrected chi connectivity index (χ3v) is 4.54. The van der Waals surface area contributed by atoms with Crippen LogP contribution in [0.2, 0.25) is 10.0 Å². The highest BCUT2D eigenvalue weighted by Gasteiger charge is 2.25. The number of nitrogens with zero attached hydrogens (tertiary/aromatic N) is 1. The number of hydrogen-bond donors (Lipinski definition) is 1. The number of benzene rings is 1. The first-order valence-electron chi connectivity index (χ1n) is 8.17. The van der Waals surface area contributed by atoms with Gasteiger partial charge in [-0.05, 0) is 32.4 Å². The molecule has 0 spiro atoms. The minimum atomic E-state index is -0.219. The quantitative estimate of drug-likeness (QED) is 0.641. The number of aromatic nitrogens is 1. The van der Waals surface area contributed by atoms with Crippen molar-refractivity contribution < 1.29 is 9.32 Å². The molecule has 2 rings (SSSR count). The van der Waals surface area contributed by atoms with E-state index in [0.29, 0.717) is 32.6 Å². The van der Waals surface area contributed by atoms with E-state index in [-0.39, 0.29) is 11.9 Å². The van der Waals surface area contributed by atoms with Crippen molar-refractivity contribution in [2.45, 2.75) is 52.5 Å². The summed E-state index contributed by atoms with van der Waals surface area (Å²) in [6.45, 7) is 5.86. The summed E-state index contributed by atoms with van der Waals surface area (Å²) in [6.07, 6.45) is 4.34. The molecule has 6 heteroatoms. The molecule has 0 radical (unpaired) electrons. The van der Waals surface area contributed by atoms with Gasteiger partial charge in [-0.15, -0.1) is 0 Å². The molecule has 1 atom stereocenters. The molecule has 0 fully saturated rings. The molecule has 1 amide bonds. The fourth-order valence-electron chi connectivity index (χ4n) is 2.60. The number of carbonyl (C=O) groups is 1. The summed E-state index contributed by atoms with van der Waals surface area (Å²) in [5.74, 6) is 0.225. The van der Waals surface area contributed by atoms with Gasteiger partial charge in [0.1, 0.15) is 17.0 Å². The first-order chi connectivity index (χ1) is 11.5. The van der Waals surface area contributed by atoms with Gasteiger partial charge in [-0.1, -0.05) is 60.6 Å². The number of halogens is 2. The third kappa shape index (κ3) is 4.31. The van der Waals surface area contributed by atoms with Gasteiger partial charge in [-0.25, -0.2) is 0 Å². The fraction of sp³-hybridized carbons (Fsp3) is 0.444. The van der Waals surface area contributed by atoms with Crippen LogP contribution in [0.25, 0.3) is 11.3 Å². The van der Waals surface area contributed by atoms with Crippen LogP contribution in [0.3, 0.4) is 0 Å². The lowest BCUT2D eigenvalue weighted by Crippen LogP contribution is -2.33. The maximum Gasteiger partial charge on any atom is 0.257 e. The molecular formula is C18H22Cl2N2O2. The Bertz CT molecular complexity index is 693. The van der Waals surface area contributed by atoms with Gasteiger partial charge >= 0.3 is 0 Å². The second kappa shape index (κ2) is 8.54. The summed E-state index contributed by atoms with van der Waals surface area (Å²) in [7, 11) is 0. The van der Waals surface area contributed by atoms with E-state index in [9.17, 15) is 4.79 Å². The largest absolute Gasteiger partial charge is 0.360 e. The van der Waals surface area contributed by atoms with Crippen LogP contribution in [0, 0.1) is 6.92 Å². The van der Waals surface area contributed by atoms with Gasteiger partial charge in [-0.3, -0.25) is 4.79 Å². The Balaban J connectivity index is 2.25. The van der Waals surface area contributed by atoms with Gasteiger partial charge in [0.15, 0.2) is 0 Å². The van der Waals surface area contributed by atoms with Crippen molar-refractivity contribution in [2.75, 3.05) is 0 Å². The van der Waals surface area contributed by atoms with Gasteiger partial charge in [0.2, 0.25) is 0 Å². The van der Waals surface area contributed by atoms with Crippen LogP contribution in [0.4, 0.5) is 0 Å². The number of amides is 1. The summed E-state index contributed by atoms with van der Waals surface area (Å²) in [6, 6.07) is 5.24. The Morgan fingerprint density at radius 2 is 1.96 bits per heavy atom. The van der Waals surface area contributed by atoms with E-state index in [1.165, 1.54) is 0 Å². The van der Waals surface area contributed by atoms with E-state index >= 15 is 0 Å². The Morgan fingerprint density at radius 3 is 2.58 bits per heavy atom. The molecule has 0 saturated heterocycles. The molecule has 0 aliphatic heterocycles. The molecule has 1 aromatic heterocycles. The van der Waals surface area contributed by atoms with E-state index < -0.39 is 0 Å². The van der Waals surface area contributed by atoms with Crippen molar-refractivity contribution in [1.82, 2.24) is 10.5 Å². The summed E-state index contributed by atoms with van der Waals surface area (Å²) in [5.41, 5.74) is 1.27. The summed E-state index contributed by atoms with van der Waals surface area (Å²) < 4.78 is 5.23. The molecule has 0 bridgehead atoms. The molecule has 2 aromatic rings. The highest BCUT2D eigenvalue weighted by molar-refractivity contribution is 6.39. The lowest BCUT2D eigenvalue weighted by atomic mass is 10.0. The molecule has 24 heavy (non-hydrogen) atoms. The smallest absolute Gasteiger partial charge is 0.257 e. The van der Waals surface area contributed by atoms with Crippen LogP contribution < -0.4 is 5.32 Å². The first-order valence-corrected chi connectivity index (χ1v) is 8.92. The zero-order chi connectivity index (χ0) is 17.7. The van der Waals surface area contributed by atoms with Gasteiger partial charge < -0.3 is 9.84 Å². The average molecular weight is 369 g/mol. The van der Waals surface area contributed by atoms with Crippen LogP contribution in [0.15, 0.2) is 22.7 Å². The highest BCUT2D eigenvalue weighted by atomic mass is 35.5. The monoisotopic (exact) mass is 368 g/mol. The molecule has 4 nitrogen and oxygen atoms in total. The zero-order valence-corrected chi connectivity index (χ0v) is 15.7. The van der Waals surface area contributed by atoms with Crippen molar-refractivity contribution in [3.8, 4) is 11.3 Å². The lowest BCUT2D eigenvalue weighted by molar-refractivity contribution is 0.0937. The predicted molar refractivity (Wildman–Crippen MR) is 97.8 cm³/mol. The SMILES string of the molecule is CCCCCC(C)NC(=O)c1c(-c2c(Cl)cccc2Cl)noc1C. The van der Waals surface area contributed by atoms with Crippen LogP contribution in [0.1, 0.15) is 55.6 Å². The van der Waals surface area contributed by atoms with Gasteiger partial charge in [-0.2, -0.15) is 0 Å². The molecule has 0 saturated carbocycles. The maximum absolute atomic E-state index is 12.7. The molecule has 1 heterocycles. The van der Waals surface area contributed by atoms with Gasteiger partial charge in [0.25, 0.3) is 5.91 Å². The number of nitrogens with one attached hydrogen (secondary N) is 1. The minimum Gasteiger partial charge on any atom is -0.360 e. The second-order valence-corrected chi connectivity index (χ2v) is 6.74. The van der Waals surface area contributed by atoms with Crippen molar-refractivity contribution in [3.63, 3.8) is 0 Å². The number of carbonyl (C=O) groups excluding carboxylic acids is 1. The van der Waals surface area contributed by atoms with Crippen LogP contribution in [-0.4, -0.2) is 17.1 Å². The molecule has 130 valence electrons. The van der Waals surface area contributed by atoms with Crippen molar-refractivity contribution in [3.05, 3.63) is 39.6 Å². The van der Waals surface area contributed by atoms with Crippen LogP contribution in [-0.2, 0) is 0 Å². The van der Waals surface area contributed by atoms with Crippen molar-refractivity contribution in [2.24, 2.45) is 0 Å². The fourth-order valence-corrected chi connectivity index (χ4v) is 3.18. The Hall–Kier alpha value is -1.52. The highest BCUT2D eigenvalue weighted by Crippen LogP contribution is 2.36. The normalized spacial score (nSPS) is 12.2. The zero-order valence-electron chi connectivity index (χ0n) is 14.2. The van der Waals surface area contributed by atoms with E-state index in [1.807, 2.05) is 6.92 Å². The van der Waals surface area contributed by atoms with E-state index in [0.717, 1.165) is 25.7 Å². The molecule has 1 aromatic carbocycles. The predicted octanol–water partition coefficient (Wildman–Crippen LogP) is 5.66. The Morgan fingerprint density at radius 1 is 1.29 bits per heavy atom. The molecule has 1 unspecified atom stereocenters.